The second-order valence-corrected chi connectivity index (χ2v) is 8.21. The maximum Gasteiger partial charge on any atom is 0.0931 e. The van der Waals surface area contributed by atoms with Gasteiger partial charge < -0.3 is 5.32 Å². The molecule has 2 unspecified atom stereocenters. The van der Waals surface area contributed by atoms with Crippen molar-refractivity contribution in [3.63, 3.8) is 0 Å². The molecule has 0 spiro atoms. The van der Waals surface area contributed by atoms with Crippen molar-refractivity contribution < 1.29 is 0 Å². The highest BCUT2D eigenvalue weighted by molar-refractivity contribution is 8.00. The Labute approximate surface area is 117 Å². The van der Waals surface area contributed by atoms with Crippen molar-refractivity contribution in [3.05, 3.63) is 21.3 Å². The van der Waals surface area contributed by atoms with Gasteiger partial charge in [-0.05, 0) is 50.6 Å². The number of rotatable bonds is 5. The molecule has 1 aromatic heterocycles. The van der Waals surface area contributed by atoms with E-state index in [4.69, 9.17) is 11.6 Å². The molecule has 2 rings (SSSR count). The Kier molecular flexibility index (Phi) is 4.81. The predicted molar refractivity (Wildman–Crippen MR) is 80.6 cm³/mol. The zero-order chi connectivity index (χ0) is 12.3. The van der Waals surface area contributed by atoms with Crippen LogP contribution in [0.5, 0.6) is 0 Å². The quantitative estimate of drug-likeness (QED) is 0.871. The summed E-state index contributed by atoms with van der Waals surface area (Å²) in [6.07, 6.45) is 3.79. The first-order valence-corrected chi connectivity index (χ1v) is 8.43. The van der Waals surface area contributed by atoms with Crippen molar-refractivity contribution in [1.29, 1.82) is 0 Å². The van der Waals surface area contributed by atoms with Gasteiger partial charge in [-0.1, -0.05) is 18.5 Å². The van der Waals surface area contributed by atoms with E-state index in [9.17, 15) is 0 Å². The summed E-state index contributed by atoms with van der Waals surface area (Å²) < 4.78 is 1.30. The average Bonchev–Trinajstić information content (AvgIpc) is 2.88. The molecular formula is C13H20ClNS2. The summed E-state index contributed by atoms with van der Waals surface area (Å²) in [7, 11) is 0. The first-order chi connectivity index (χ1) is 8.14. The zero-order valence-corrected chi connectivity index (χ0v) is 12.9. The van der Waals surface area contributed by atoms with E-state index < -0.39 is 0 Å². The minimum atomic E-state index is 0.395. The minimum absolute atomic E-state index is 0.395. The molecule has 4 heteroatoms. The summed E-state index contributed by atoms with van der Waals surface area (Å²) in [6, 6.07) is 4.74. The SMILES string of the molecule is CCNC(Cc1ccc(Cl)s1)C1(C)CCCS1. The second kappa shape index (κ2) is 5.96. The largest absolute Gasteiger partial charge is 0.313 e. The van der Waals surface area contributed by atoms with E-state index in [1.54, 1.807) is 11.3 Å². The van der Waals surface area contributed by atoms with Gasteiger partial charge in [0, 0.05) is 15.7 Å². The molecule has 0 amide bonds. The Morgan fingerprint density at radius 2 is 2.35 bits per heavy atom. The zero-order valence-electron chi connectivity index (χ0n) is 10.5. The number of thioether (sulfide) groups is 1. The van der Waals surface area contributed by atoms with E-state index in [1.165, 1.54) is 23.5 Å². The summed E-state index contributed by atoms with van der Waals surface area (Å²) in [5.74, 6) is 1.31. The number of halogens is 1. The second-order valence-electron chi connectivity index (χ2n) is 4.78. The molecule has 1 saturated heterocycles. The first-order valence-electron chi connectivity index (χ1n) is 6.25. The number of thiophene rings is 1. The Hall–Kier alpha value is 0.300. The Morgan fingerprint density at radius 1 is 1.53 bits per heavy atom. The average molecular weight is 290 g/mol. The van der Waals surface area contributed by atoms with Crippen LogP contribution < -0.4 is 5.32 Å². The highest BCUT2D eigenvalue weighted by Gasteiger charge is 2.37. The Bertz CT molecular complexity index is 358. The molecule has 2 atom stereocenters. The van der Waals surface area contributed by atoms with E-state index in [1.807, 2.05) is 6.07 Å². The van der Waals surface area contributed by atoms with Gasteiger partial charge in [0.2, 0.25) is 0 Å². The van der Waals surface area contributed by atoms with Gasteiger partial charge in [0.25, 0.3) is 0 Å². The summed E-state index contributed by atoms with van der Waals surface area (Å²) in [4.78, 5) is 1.40. The lowest BCUT2D eigenvalue weighted by molar-refractivity contribution is 0.408. The minimum Gasteiger partial charge on any atom is -0.313 e. The molecule has 1 aliphatic rings. The molecule has 1 aliphatic heterocycles. The van der Waals surface area contributed by atoms with Crippen molar-refractivity contribution in [2.24, 2.45) is 0 Å². The van der Waals surface area contributed by atoms with Gasteiger partial charge in [0.05, 0.1) is 4.34 Å². The molecule has 1 nitrogen and oxygen atoms in total. The number of hydrogen-bond acceptors (Lipinski definition) is 3. The van der Waals surface area contributed by atoms with Crippen LogP contribution in [0.3, 0.4) is 0 Å². The predicted octanol–water partition coefficient (Wildman–Crippen LogP) is 4.21. The monoisotopic (exact) mass is 289 g/mol. The molecule has 0 aliphatic carbocycles. The highest BCUT2D eigenvalue weighted by atomic mass is 35.5. The van der Waals surface area contributed by atoms with E-state index >= 15 is 0 Å². The van der Waals surface area contributed by atoms with Gasteiger partial charge in [0.15, 0.2) is 0 Å². The van der Waals surface area contributed by atoms with Crippen LogP contribution in [0.15, 0.2) is 12.1 Å². The molecule has 1 aromatic rings. The number of nitrogens with one attached hydrogen (secondary N) is 1. The fourth-order valence-corrected chi connectivity index (χ4v) is 5.03. The normalized spacial score (nSPS) is 26.3. The Balaban J connectivity index is 2.06. The van der Waals surface area contributed by atoms with Crippen molar-refractivity contribution in [2.75, 3.05) is 12.3 Å². The molecule has 0 aromatic carbocycles. The van der Waals surface area contributed by atoms with Crippen LogP contribution in [0.1, 0.15) is 31.6 Å². The van der Waals surface area contributed by atoms with Crippen LogP contribution in [0.25, 0.3) is 0 Å². The van der Waals surface area contributed by atoms with Crippen LogP contribution in [-0.2, 0) is 6.42 Å². The third-order valence-electron chi connectivity index (χ3n) is 3.47. The molecular weight excluding hydrogens is 270 g/mol. The first kappa shape index (κ1) is 13.7. The maximum absolute atomic E-state index is 6.01. The van der Waals surface area contributed by atoms with Gasteiger partial charge in [-0.25, -0.2) is 0 Å². The molecule has 0 saturated carbocycles. The fourth-order valence-electron chi connectivity index (χ4n) is 2.49. The molecule has 0 radical (unpaired) electrons. The van der Waals surface area contributed by atoms with Gasteiger partial charge in [-0.2, -0.15) is 11.8 Å². The van der Waals surface area contributed by atoms with E-state index in [0.29, 0.717) is 10.8 Å². The summed E-state index contributed by atoms with van der Waals surface area (Å²) in [5, 5.41) is 3.67. The van der Waals surface area contributed by atoms with Crippen molar-refractivity contribution in [3.8, 4) is 0 Å². The lowest BCUT2D eigenvalue weighted by atomic mass is 9.93. The maximum atomic E-state index is 6.01. The van der Waals surface area contributed by atoms with E-state index in [2.05, 4.69) is 37.0 Å². The molecule has 2 heterocycles. The van der Waals surface area contributed by atoms with Crippen LogP contribution >= 0.6 is 34.7 Å². The Morgan fingerprint density at radius 3 is 2.88 bits per heavy atom. The topological polar surface area (TPSA) is 12.0 Å². The van der Waals surface area contributed by atoms with Gasteiger partial charge in [-0.3, -0.25) is 0 Å². The van der Waals surface area contributed by atoms with Crippen LogP contribution in [-0.4, -0.2) is 23.1 Å². The third-order valence-corrected chi connectivity index (χ3v) is 6.37. The number of likely N-dealkylation sites (N-methyl/N-ethyl adjacent to an activating group) is 1. The molecule has 0 bridgehead atoms. The van der Waals surface area contributed by atoms with Crippen molar-refractivity contribution in [2.45, 2.75) is 43.9 Å². The van der Waals surface area contributed by atoms with E-state index in [0.717, 1.165) is 17.3 Å². The van der Waals surface area contributed by atoms with Crippen LogP contribution in [0, 0.1) is 0 Å². The molecule has 1 N–H and O–H groups in total. The van der Waals surface area contributed by atoms with E-state index in [-0.39, 0.29) is 0 Å². The van der Waals surface area contributed by atoms with Crippen molar-refractivity contribution >= 4 is 34.7 Å². The molecule has 96 valence electrons. The van der Waals surface area contributed by atoms with Crippen LogP contribution in [0.4, 0.5) is 0 Å². The number of hydrogen-bond donors (Lipinski definition) is 1. The lowest BCUT2D eigenvalue weighted by Crippen LogP contribution is -2.46. The van der Waals surface area contributed by atoms with Gasteiger partial charge in [0.1, 0.15) is 0 Å². The van der Waals surface area contributed by atoms with Gasteiger partial charge >= 0.3 is 0 Å². The van der Waals surface area contributed by atoms with Crippen LogP contribution in [0.2, 0.25) is 4.34 Å². The summed E-state index contributed by atoms with van der Waals surface area (Å²) >= 11 is 9.85. The van der Waals surface area contributed by atoms with Gasteiger partial charge in [-0.15, -0.1) is 11.3 Å². The fraction of sp³-hybridized carbons (Fsp3) is 0.692. The summed E-state index contributed by atoms with van der Waals surface area (Å²) in [5.41, 5.74) is 0. The smallest absolute Gasteiger partial charge is 0.0931 e. The third kappa shape index (κ3) is 3.40. The summed E-state index contributed by atoms with van der Waals surface area (Å²) in [6.45, 7) is 5.64. The standard InChI is InChI=1S/C13H20ClNS2/c1-3-15-11(13(2)7-4-8-16-13)9-10-5-6-12(14)17-10/h5-6,11,15H,3-4,7-9H2,1-2H3. The van der Waals surface area contributed by atoms with Crippen molar-refractivity contribution in [1.82, 2.24) is 5.32 Å². The molecule has 1 fully saturated rings. The highest BCUT2D eigenvalue weighted by Crippen LogP contribution is 2.41. The lowest BCUT2D eigenvalue weighted by Gasteiger charge is -2.33. The molecule has 17 heavy (non-hydrogen) atoms.